The Balaban J connectivity index is 1.56. The zero-order valence-electron chi connectivity index (χ0n) is 16.2. The molecule has 27 heavy (non-hydrogen) atoms. The highest BCUT2D eigenvalue weighted by atomic mass is 32.2. The van der Waals surface area contributed by atoms with E-state index in [1.165, 1.54) is 24.6 Å². The average Bonchev–Trinajstić information content (AvgIpc) is 3.14. The van der Waals surface area contributed by atoms with E-state index in [0.717, 1.165) is 46.4 Å². The van der Waals surface area contributed by atoms with Gasteiger partial charge in [-0.05, 0) is 69.9 Å². The highest BCUT2D eigenvalue weighted by Gasteiger charge is 2.16. The lowest BCUT2D eigenvalue weighted by Gasteiger charge is -2.14. The Morgan fingerprint density at radius 1 is 1.22 bits per heavy atom. The highest BCUT2D eigenvalue weighted by molar-refractivity contribution is 7.98. The summed E-state index contributed by atoms with van der Waals surface area (Å²) in [6.45, 7) is 3.96. The molecule has 0 aliphatic heterocycles. The van der Waals surface area contributed by atoms with E-state index < -0.39 is 0 Å². The summed E-state index contributed by atoms with van der Waals surface area (Å²) in [5, 5.41) is 3.75. The average molecular weight is 386 g/mol. The molecule has 1 aromatic heterocycles. The molecule has 1 aliphatic rings. The zero-order chi connectivity index (χ0) is 19.2. The van der Waals surface area contributed by atoms with Crippen LogP contribution in [0, 0.1) is 13.8 Å². The number of rotatable bonds is 7. The largest absolute Gasteiger partial charge is 0.490 e. The molecule has 1 saturated carbocycles. The summed E-state index contributed by atoms with van der Waals surface area (Å²) in [6, 6.07) is 7.67. The van der Waals surface area contributed by atoms with Crippen molar-refractivity contribution in [3.63, 3.8) is 0 Å². The van der Waals surface area contributed by atoms with Gasteiger partial charge in [0.05, 0.1) is 6.10 Å². The molecule has 0 bridgehead atoms. The zero-order valence-corrected chi connectivity index (χ0v) is 17.1. The molecule has 0 saturated heterocycles. The Morgan fingerprint density at radius 3 is 2.59 bits per heavy atom. The number of thioether (sulfide) groups is 1. The number of hydrogen-bond acceptors (Lipinski definition) is 5. The molecule has 1 amide bonds. The fourth-order valence-electron chi connectivity index (χ4n) is 3.47. The molecular formula is C21H27N3O2S. The van der Waals surface area contributed by atoms with Crippen molar-refractivity contribution in [2.45, 2.75) is 63.6 Å². The van der Waals surface area contributed by atoms with Gasteiger partial charge >= 0.3 is 0 Å². The molecule has 0 atom stereocenters. The van der Waals surface area contributed by atoms with Crippen LogP contribution in [-0.4, -0.2) is 28.2 Å². The van der Waals surface area contributed by atoms with Crippen LogP contribution in [0.3, 0.4) is 0 Å². The molecule has 1 heterocycles. The van der Waals surface area contributed by atoms with Crippen LogP contribution < -0.4 is 10.1 Å². The Morgan fingerprint density at radius 2 is 1.93 bits per heavy atom. The van der Waals surface area contributed by atoms with Gasteiger partial charge in [0.1, 0.15) is 5.75 Å². The van der Waals surface area contributed by atoms with Crippen molar-refractivity contribution in [3.05, 3.63) is 41.2 Å². The van der Waals surface area contributed by atoms with Gasteiger partial charge in [-0.1, -0.05) is 17.8 Å². The molecule has 0 spiro atoms. The summed E-state index contributed by atoms with van der Waals surface area (Å²) in [7, 11) is 0. The summed E-state index contributed by atoms with van der Waals surface area (Å²) in [5.41, 5.74) is 3.73. The first-order valence-corrected chi connectivity index (χ1v) is 10.7. The lowest BCUT2D eigenvalue weighted by atomic mass is 10.1. The van der Waals surface area contributed by atoms with Crippen LogP contribution in [0.1, 0.15) is 49.1 Å². The first-order chi connectivity index (χ1) is 13.0. The standard InChI is InChI=1S/C21H27N3O2S/c1-14-19(15(2)23-21(22-14)27-3)11-12-20(25)24-16-7-6-10-18(13-16)26-17-8-4-5-9-17/h6-7,10,13,17H,4-5,8-9,11-12H2,1-3H3,(H,24,25). The van der Waals surface area contributed by atoms with Crippen molar-refractivity contribution in [2.24, 2.45) is 0 Å². The number of amides is 1. The number of nitrogens with zero attached hydrogens (tertiary/aromatic N) is 2. The van der Waals surface area contributed by atoms with E-state index in [2.05, 4.69) is 15.3 Å². The van der Waals surface area contributed by atoms with Gasteiger partial charge in [0.25, 0.3) is 0 Å². The first-order valence-electron chi connectivity index (χ1n) is 9.50. The number of anilines is 1. The summed E-state index contributed by atoms with van der Waals surface area (Å²) in [4.78, 5) is 21.3. The van der Waals surface area contributed by atoms with Gasteiger partial charge in [-0.25, -0.2) is 9.97 Å². The number of benzene rings is 1. The summed E-state index contributed by atoms with van der Waals surface area (Å²) in [6.07, 6.45) is 8.02. The minimum Gasteiger partial charge on any atom is -0.490 e. The molecule has 0 radical (unpaired) electrons. The molecular weight excluding hydrogens is 358 g/mol. The number of nitrogens with one attached hydrogen (secondary N) is 1. The van der Waals surface area contributed by atoms with Gasteiger partial charge in [0, 0.05) is 29.6 Å². The van der Waals surface area contributed by atoms with Gasteiger partial charge < -0.3 is 10.1 Å². The monoisotopic (exact) mass is 385 g/mol. The molecule has 6 heteroatoms. The van der Waals surface area contributed by atoms with Crippen molar-refractivity contribution in [3.8, 4) is 5.75 Å². The fraction of sp³-hybridized carbons (Fsp3) is 0.476. The van der Waals surface area contributed by atoms with E-state index in [1.54, 1.807) is 0 Å². The molecule has 1 aliphatic carbocycles. The third-order valence-corrected chi connectivity index (χ3v) is 5.46. The van der Waals surface area contributed by atoms with E-state index in [4.69, 9.17) is 4.74 Å². The maximum absolute atomic E-state index is 12.4. The number of carbonyl (C=O) groups is 1. The predicted molar refractivity (Wildman–Crippen MR) is 110 cm³/mol. The van der Waals surface area contributed by atoms with E-state index >= 15 is 0 Å². The molecule has 2 aromatic rings. The van der Waals surface area contributed by atoms with Gasteiger partial charge in [-0.15, -0.1) is 0 Å². The van der Waals surface area contributed by atoms with Crippen LogP contribution in [-0.2, 0) is 11.2 Å². The number of carbonyl (C=O) groups excluding carboxylic acids is 1. The van der Waals surface area contributed by atoms with Crippen molar-refractivity contribution in [1.29, 1.82) is 0 Å². The second kappa shape index (κ2) is 9.22. The first kappa shape index (κ1) is 19.7. The third kappa shape index (κ3) is 5.45. The van der Waals surface area contributed by atoms with Crippen molar-refractivity contribution < 1.29 is 9.53 Å². The minimum atomic E-state index is -0.0132. The van der Waals surface area contributed by atoms with Crippen molar-refractivity contribution in [2.75, 3.05) is 11.6 Å². The van der Waals surface area contributed by atoms with Crippen LogP contribution in [0.5, 0.6) is 5.75 Å². The van der Waals surface area contributed by atoms with Crippen LogP contribution in [0.2, 0.25) is 0 Å². The van der Waals surface area contributed by atoms with Gasteiger partial charge in [0.2, 0.25) is 5.91 Å². The molecule has 1 fully saturated rings. The predicted octanol–water partition coefficient (Wildman–Crippen LogP) is 4.71. The van der Waals surface area contributed by atoms with Gasteiger partial charge in [-0.3, -0.25) is 4.79 Å². The van der Waals surface area contributed by atoms with E-state index in [-0.39, 0.29) is 5.91 Å². The number of hydrogen-bond donors (Lipinski definition) is 1. The maximum Gasteiger partial charge on any atom is 0.224 e. The number of aromatic nitrogens is 2. The Bertz CT molecular complexity index is 781. The minimum absolute atomic E-state index is 0.0132. The Kier molecular flexibility index (Phi) is 6.72. The molecule has 0 unspecified atom stereocenters. The Hall–Kier alpha value is -2.08. The fourth-order valence-corrected chi connectivity index (χ4v) is 3.93. The van der Waals surface area contributed by atoms with E-state index in [0.29, 0.717) is 18.9 Å². The molecule has 1 aromatic carbocycles. The summed E-state index contributed by atoms with van der Waals surface area (Å²) in [5.74, 6) is 0.813. The lowest BCUT2D eigenvalue weighted by Crippen LogP contribution is -2.14. The van der Waals surface area contributed by atoms with Gasteiger partial charge in [0.15, 0.2) is 5.16 Å². The molecule has 3 rings (SSSR count). The van der Waals surface area contributed by atoms with Crippen LogP contribution >= 0.6 is 11.8 Å². The normalized spacial score (nSPS) is 14.3. The smallest absolute Gasteiger partial charge is 0.224 e. The number of aryl methyl sites for hydroxylation is 2. The topological polar surface area (TPSA) is 64.1 Å². The summed E-state index contributed by atoms with van der Waals surface area (Å²) < 4.78 is 6.01. The highest BCUT2D eigenvalue weighted by Crippen LogP contribution is 2.26. The van der Waals surface area contributed by atoms with Crippen molar-refractivity contribution >= 4 is 23.4 Å². The quantitative estimate of drug-likeness (QED) is 0.552. The van der Waals surface area contributed by atoms with E-state index in [9.17, 15) is 4.79 Å². The maximum atomic E-state index is 12.4. The third-order valence-electron chi connectivity index (χ3n) is 4.91. The number of ether oxygens (including phenoxy) is 1. The molecule has 1 N–H and O–H groups in total. The van der Waals surface area contributed by atoms with Gasteiger partial charge in [-0.2, -0.15) is 0 Å². The molecule has 5 nitrogen and oxygen atoms in total. The van der Waals surface area contributed by atoms with Crippen LogP contribution in [0.4, 0.5) is 5.69 Å². The Labute approximate surface area is 165 Å². The van der Waals surface area contributed by atoms with E-state index in [1.807, 2.05) is 44.4 Å². The second-order valence-corrected chi connectivity index (χ2v) is 7.73. The lowest BCUT2D eigenvalue weighted by molar-refractivity contribution is -0.116. The summed E-state index contributed by atoms with van der Waals surface area (Å²) >= 11 is 1.53. The van der Waals surface area contributed by atoms with Crippen molar-refractivity contribution in [1.82, 2.24) is 9.97 Å². The molecule has 144 valence electrons. The van der Waals surface area contributed by atoms with Crippen LogP contribution in [0.15, 0.2) is 29.4 Å². The van der Waals surface area contributed by atoms with Crippen LogP contribution in [0.25, 0.3) is 0 Å². The SMILES string of the molecule is CSc1nc(C)c(CCC(=O)Nc2cccc(OC3CCCC3)c2)c(C)n1. The second-order valence-electron chi connectivity index (χ2n) is 6.96.